The largest absolute Gasteiger partial charge is 0.416 e. The second kappa shape index (κ2) is 7.47. The summed E-state index contributed by atoms with van der Waals surface area (Å²) in [7, 11) is 0. The lowest BCUT2D eigenvalue weighted by Gasteiger charge is -2.28. The first-order chi connectivity index (χ1) is 12.3. The van der Waals surface area contributed by atoms with Gasteiger partial charge in [0.1, 0.15) is 0 Å². The Bertz CT molecular complexity index is 721. The molecule has 0 atom stereocenters. The van der Waals surface area contributed by atoms with Crippen LogP contribution in [0.25, 0.3) is 0 Å². The van der Waals surface area contributed by atoms with E-state index in [0.717, 1.165) is 31.6 Å². The Morgan fingerprint density at radius 1 is 1.16 bits per heavy atom. The number of carbonyl (C=O) groups excluding carboxylic acids is 1. The smallest absolute Gasteiger partial charge is 0.277 e. The Kier molecular flexibility index (Phi) is 4.92. The number of aromatic nitrogens is 2. The molecule has 1 aliphatic carbocycles. The first-order valence-electron chi connectivity index (χ1n) is 8.89. The predicted octanol–water partition coefficient (Wildman–Crippen LogP) is 3.67. The van der Waals surface area contributed by atoms with Crippen LogP contribution in [0.4, 0.5) is 11.4 Å². The number of nitrogens with zero attached hydrogens (tertiary/aromatic N) is 3. The molecule has 2 heterocycles. The van der Waals surface area contributed by atoms with Gasteiger partial charge >= 0.3 is 0 Å². The van der Waals surface area contributed by atoms with Crippen LogP contribution < -0.4 is 10.2 Å². The Morgan fingerprint density at radius 3 is 2.64 bits per heavy atom. The molecule has 1 N–H and O–H groups in total. The third-order valence-corrected chi connectivity index (χ3v) is 5.37. The van der Waals surface area contributed by atoms with Crippen molar-refractivity contribution in [3.05, 3.63) is 30.2 Å². The molecule has 0 radical (unpaired) electrons. The SMILES string of the molecule is O=C(CSc1nnc(C2CC2)o1)Nc1ccc(N2CCCCC2)cc1. The molecule has 0 bridgehead atoms. The summed E-state index contributed by atoms with van der Waals surface area (Å²) in [4.78, 5) is 14.5. The van der Waals surface area contributed by atoms with Crippen LogP contribution in [-0.4, -0.2) is 34.9 Å². The van der Waals surface area contributed by atoms with Crippen molar-refractivity contribution >= 4 is 29.0 Å². The van der Waals surface area contributed by atoms with Gasteiger partial charge in [0.05, 0.1) is 5.75 Å². The highest BCUT2D eigenvalue weighted by molar-refractivity contribution is 7.99. The molecule has 1 aromatic carbocycles. The quantitative estimate of drug-likeness (QED) is 0.795. The molecule has 25 heavy (non-hydrogen) atoms. The molecule has 2 aliphatic rings. The van der Waals surface area contributed by atoms with Crippen LogP contribution in [-0.2, 0) is 4.79 Å². The van der Waals surface area contributed by atoms with Gasteiger partial charge in [0.2, 0.25) is 11.8 Å². The number of nitrogens with one attached hydrogen (secondary N) is 1. The fraction of sp³-hybridized carbons (Fsp3) is 0.500. The van der Waals surface area contributed by atoms with Crippen molar-refractivity contribution in [2.24, 2.45) is 0 Å². The first-order valence-corrected chi connectivity index (χ1v) is 9.87. The minimum atomic E-state index is -0.0677. The van der Waals surface area contributed by atoms with E-state index in [1.165, 1.54) is 36.7 Å². The Hall–Kier alpha value is -2.02. The second-order valence-corrected chi connectivity index (χ2v) is 7.54. The molecule has 1 aliphatic heterocycles. The van der Waals surface area contributed by atoms with Crippen LogP contribution in [0.2, 0.25) is 0 Å². The highest BCUT2D eigenvalue weighted by Crippen LogP contribution is 2.39. The van der Waals surface area contributed by atoms with E-state index in [2.05, 4.69) is 32.5 Å². The van der Waals surface area contributed by atoms with Crippen molar-refractivity contribution in [2.75, 3.05) is 29.1 Å². The van der Waals surface area contributed by atoms with Gasteiger partial charge in [-0.3, -0.25) is 4.79 Å². The topological polar surface area (TPSA) is 71.3 Å². The predicted molar refractivity (Wildman–Crippen MR) is 98.1 cm³/mol. The van der Waals surface area contributed by atoms with E-state index in [1.54, 1.807) is 0 Å². The number of hydrogen-bond acceptors (Lipinski definition) is 6. The normalized spacial score (nSPS) is 17.5. The van der Waals surface area contributed by atoms with Gasteiger partial charge < -0.3 is 14.6 Å². The molecule has 1 aromatic heterocycles. The molecule has 6 nitrogen and oxygen atoms in total. The zero-order valence-electron chi connectivity index (χ0n) is 14.1. The van der Waals surface area contributed by atoms with Crippen LogP contribution >= 0.6 is 11.8 Å². The summed E-state index contributed by atoms with van der Waals surface area (Å²) in [5, 5.41) is 11.4. The van der Waals surface area contributed by atoms with Gasteiger partial charge in [0.25, 0.3) is 5.22 Å². The zero-order valence-corrected chi connectivity index (χ0v) is 14.9. The maximum Gasteiger partial charge on any atom is 0.277 e. The summed E-state index contributed by atoms with van der Waals surface area (Å²) >= 11 is 1.28. The summed E-state index contributed by atoms with van der Waals surface area (Å²) in [5.74, 6) is 1.34. The van der Waals surface area contributed by atoms with Crippen molar-refractivity contribution in [1.82, 2.24) is 10.2 Å². The number of benzene rings is 1. The fourth-order valence-electron chi connectivity index (χ4n) is 3.01. The van der Waals surface area contributed by atoms with E-state index in [1.807, 2.05) is 12.1 Å². The van der Waals surface area contributed by atoms with E-state index in [4.69, 9.17) is 4.42 Å². The number of amides is 1. The third-order valence-electron chi connectivity index (χ3n) is 4.55. The van der Waals surface area contributed by atoms with Gasteiger partial charge in [-0.15, -0.1) is 10.2 Å². The van der Waals surface area contributed by atoms with Gasteiger partial charge in [-0.25, -0.2) is 0 Å². The zero-order chi connectivity index (χ0) is 17.1. The highest BCUT2D eigenvalue weighted by atomic mass is 32.2. The molecule has 0 unspecified atom stereocenters. The van der Waals surface area contributed by atoms with Crippen molar-refractivity contribution in [2.45, 2.75) is 43.2 Å². The molecule has 0 spiro atoms. The molecular formula is C18H22N4O2S. The Balaban J connectivity index is 1.26. The van der Waals surface area contributed by atoms with E-state index in [-0.39, 0.29) is 11.7 Å². The Morgan fingerprint density at radius 2 is 1.92 bits per heavy atom. The summed E-state index contributed by atoms with van der Waals surface area (Å²) in [6, 6.07) is 8.08. The molecule has 4 rings (SSSR count). The number of anilines is 2. The molecule has 2 fully saturated rings. The van der Waals surface area contributed by atoms with Gasteiger partial charge in [0, 0.05) is 30.4 Å². The maximum atomic E-state index is 12.1. The average Bonchev–Trinajstić information content (AvgIpc) is 3.40. The minimum absolute atomic E-state index is 0.0677. The molecule has 1 saturated heterocycles. The highest BCUT2D eigenvalue weighted by Gasteiger charge is 2.29. The number of carbonyl (C=O) groups is 1. The van der Waals surface area contributed by atoms with Gasteiger partial charge in [-0.2, -0.15) is 0 Å². The average molecular weight is 358 g/mol. The van der Waals surface area contributed by atoms with Crippen LogP contribution in [0, 0.1) is 0 Å². The van der Waals surface area contributed by atoms with E-state index in [9.17, 15) is 4.79 Å². The lowest BCUT2D eigenvalue weighted by molar-refractivity contribution is -0.113. The minimum Gasteiger partial charge on any atom is -0.416 e. The van der Waals surface area contributed by atoms with E-state index in [0.29, 0.717) is 17.0 Å². The lowest BCUT2D eigenvalue weighted by atomic mass is 10.1. The van der Waals surface area contributed by atoms with Gasteiger partial charge in [0.15, 0.2) is 0 Å². The van der Waals surface area contributed by atoms with Crippen LogP contribution in [0.3, 0.4) is 0 Å². The van der Waals surface area contributed by atoms with Gasteiger partial charge in [-0.05, 0) is 56.4 Å². The summed E-state index contributed by atoms with van der Waals surface area (Å²) in [6.07, 6.45) is 6.09. The number of piperidine rings is 1. The molecular weight excluding hydrogens is 336 g/mol. The maximum absolute atomic E-state index is 12.1. The fourth-order valence-corrected chi connectivity index (χ4v) is 3.58. The molecule has 7 heteroatoms. The van der Waals surface area contributed by atoms with Crippen molar-refractivity contribution in [3.63, 3.8) is 0 Å². The van der Waals surface area contributed by atoms with Crippen LogP contribution in [0.1, 0.15) is 43.9 Å². The summed E-state index contributed by atoms with van der Waals surface area (Å²) < 4.78 is 5.55. The molecule has 132 valence electrons. The second-order valence-electron chi connectivity index (χ2n) is 6.61. The van der Waals surface area contributed by atoms with Gasteiger partial charge in [-0.1, -0.05) is 11.8 Å². The molecule has 1 saturated carbocycles. The number of rotatable bonds is 6. The number of thioether (sulfide) groups is 1. The van der Waals surface area contributed by atoms with E-state index >= 15 is 0 Å². The molecule has 2 aromatic rings. The van der Waals surface area contributed by atoms with Crippen LogP contribution in [0.15, 0.2) is 33.9 Å². The standard InChI is InChI=1S/C18H22N4O2S/c23-16(12-25-18-21-20-17(24-18)13-4-5-13)19-14-6-8-15(9-7-14)22-10-2-1-3-11-22/h6-9,13H,1-5,10-12H2,(H,19,23). The number of hydrogen-bond donors (Lipinski definition) is 1. The summed E-state index contributed by atoms with van der Waals surface area (Å²) in [6.45, 7) is 2.24. The summed E-state index contributed by atoms with van der Waals surface area (Å²) in [5.41, 5.74) is 2.04. The monoisotopic (exact) mass is 358 g/mol. The van der Waals surface area contributed by atoms with Crippen molar-refractivity contribution in [1.29, 1.82) is 0 Å². The first kappa shape index (κ1) is 16.4. The molecule has 1 amide bonds. The van der Waals surface area contributed by atoms with Crippen molar-refractivity contribution < 1.29 is 9.21 Å². The Labute approximate surface area is 151 Å². The lowest BCUT2D eigenvalue weighted by Crippen LogP contribution is -2.29. The third kappa shape index (κ3) is 4.34. The van der Waals surface area contributed by atoms with Crippen LogP contribution in [0.5, 0.6) is 0 Å². The van der Waals surface area contributed by atoms with E-state index < -0.39 is 0 Å². The van der Waals surface area contributed by atoms with Crippen molar-refractivity contribution in [3.8, 4) is 0 Å².